The van der Waals surface area contributed by atoms with Crippen molar-refractivity contribution in [3.63, 3.8) is 0 Å². The molecule has 0 bridgehead atoms. The standard InChI is InChI=1S/C18H16O6/c1-11(19)15-7-6-14(8-13(15)9-17(20)21)24-10-12-4-2-3-5-16(12)18(22)23/h2-8H,9-10H2,1H3,(H,20,21)(H,22,23). The molecule has 0 aromatic heterocycles. The van der Waals surface area contributed by atoms with Crippen molar-refractivity contribution in [2.45, 2.75) is 20.0 Å². The summed E-state index contributed by atoms with van der Waals surface area (Å²) in [6.07, 6.45) is -0.294. The first-order valence-corrected chi connectivity index (χ1v) is 7.18. The van der Waals surface area contributed by atoms with E-state index in [1.54, 1.807) is 24.3 Å². The van der Waals surface area contributed by atoms with Crippen LogP contribution in [-0.4, -0.2) is 27.9 Å². The highest BCUT2D eigenvalue weighted by atomic mass is 16.5. The van der Waals surface area contributed by atoms with Crippen molar-refractivity contribution in [2.24, 2.45) is 0 Å². The van der Waals surface area contributed by atoms with Crippen LogP contribution in [0.5, 0.6) is 5.75 Å². The number of hydrogen-bond donors (Lipinski definition) is 2. The van der Waals surface area contributed by atoms with Crippen molar-refractivity contribution < 1.29 is 29.3 Å². The van der Waals surface area contributed by atoms with Crippen LogP contribution in [0, 0.1) is 0 Å². The Kier molecular flexibility index (Phi) is 5.31. The van der Waals surface area contributed by atoms with Gasteiger partial charge in [0.1, 0.15) is 12.4 Å². The van der Waals surface area contributed by atoms with Crippen LogP contribution in [0.15, 0.2) is 42.5 Å². The van der Waals surface area contributed by atoms with E-state index in [4.69, 9.17) is 14.9 Å². The molecule has 2 N–H and O–H groups in total. The summed E-state index contributed by atoms with van der Waals surface area (Å²) in [5.74, 6) is -1.95. The van der Waals surface area contributed by atoms with Crippen LogP contribution in [0.3, 0.4) is 0 Å². The quantitative estimate of drug-likeness (QED) is 0.758. The second kappa shape index (κ2) is 7.41. The molecule has 2 rings (SSSR count). The van der Waals surface area contributed by atoms with Gasteiger partial charge in [0, 0.05) is 11.1 Å². The fourth-order valence-electron chi connectivity index (χ4n) is 2.33. The van der Waals surface area contributed by atoms with E-state index in [0.717, 1.165) is 0 Å². The molecule has 6 nitrogen and oxygen atoms in total. The van der Waals surface area contributed by atoms with Gasteiger partial charge in [-0.25, -0.2) is 4.79 Å². The first kappa shape index (κ1) is 17.2. The Labute approximate surface area is 138 Å². The molecule has 0 fully saturated rings. The fraction of sp³-hybridized carbons (Fsp3) is 0.167. The van der Waals surface area contributed by atoms with Crippen LogP contribution in [0.25, 0.3) is 0 Å². The zero-order chi connectivity index (χ0) is 17.7. The molecule has 6 heteroatoms. The van der Waals surface area contributed by atoms with E-state index in [0.29, 0.717) is 22.4 Å². The SMILES string of the molecule is CC(=O)c1ccc(OCc2ccccc2C(=O)O)cc1CC(=O)O. The largest absolute Gasteiger partial charge is 0.489 e. The molecular weight excluding hydrogens is 312 g/mol. The van der Waals surface area contributed by atoms with Gasteiger partial charge in [0.15, 0.2) is 5.78 Å². The topological polar surface area (TPSA) is 101 Å². The van der Waals surface area contributed by atoms with Crippen LogP contribution in [0.1, 0.15) is 38.8 Å². The van der Waals surface area contributed by atoms with Crippen LogP contribution in [-0.2, 0) is 17.8 Å². The van der Waals surface area contributed by atoms with Crippen LogP contribution in [0.4, 0.5) is 0 Å². The summed E-state index contributed by atoms with van der Waals surface area (Å²) < 4.78 is 5.57. The normalized spacial score (nSPS) is 10.2. The Hall–Kier alpha value is -3.15. The highest BCUT2D eigenvalue weighted by Crippen LogP contribution is 2.21. The van der Waals surface area contributed by atoms with Gasteiger partial charge >= 0.3 is 11.9 Å². The summed E-state index contributed by atoms with van der Waals surface area (Å²) in [5, 5.41) is 18.1. The monoisotopic (exact) mass is 328 g/mol. The number of rotatable bonds is 7. The van der Waals surface area contributed by atoms with Crippen molar-refractivity contribution in [1.29, 1.82) is 0 Å². The van der Waals surface area contributed by atoms with Gasteiger partial charge < -0.3 is 14.9 Å². The van der Waals surface area contributed by atoms with Gasteiger partial charge in [-0.1, -0.05) is 18.2 Å². The van der Waals surface area contributed by atoms with Gasteiger partial charge in [0.05, 0.1) is 12.0 Å². The average Bonchev–Trinajstić information content (AvgIpc) is 2.52. The third-order valence-electron chi connectivity index (χ3n) is 3.44. The summed E-state index contributed by atoms with van der Waals surface area (Å²) in [7, 11) is 0. The molecule has 0 amide bonds. The van der Waals surface area contributed by atoms with E-state index in [1.165, 1.54) is 25.1 Å². The minimum Gasteiger partial charge on any atom is -0.489 e. The molecule has 0 saturated carbocycles. The number of hydrogen-bond acceptors (Lipinski definition) is 4. The van der Waals surface area contributed by atoms with Gasteiger partial charge in [-0.05, 0) is 36.8 Å². The molecule has 0 aliphatic rings. The zero-order valence-electron chi connectivity index (χ0n) is 13.0. The zero-order valence-corrected chi connectivity index (χ0v) is 13.0. The Balaban J connectivity index is 2.23. The summed E-state index contributed by atoms with van der Waals surface area (Å²) in [6.45, 7) is 1.39. The number of benzene rings is 2. The molecule has 2 aromatic rings. The maximum Gasteiger partial charge on any atom is 0.336 e. The van der Waals surface area contributed by atoms with E-state index < -0.39 is 11.9 Å². The van der Waals surface area contributed by atoms with Gasteiger partial charge in [-0.15, -0.1) is 0 Å². The van der Waals surface area contributed by atoms with Crippen molar-refractivity contribution in [3.05, 3.63) is 64.7 Å². The lowest BCUT2D eigenvalue weighted by atomic mass is 10.0. The Morgan fingerprint density at radius 2 is 1.67 bits per heavy atom. The number of carboxylic acid groups (broad SMARTS) is 2. The van der Waals surface area contributed by atoms with Crippen LogP contribution < -0.4 is 4.74 Å². The third kappa shape index (κ3) is 4.19. The van der Waals surface area contributed by atoms with Crippen molar-refractivity contribution in [3.8, 4) is 5.75 Å². The molecule has 0 radical (unpaired) electrons. The number of Topliss-reactive ketones (excluding diaryl/α,β-unsaturated/α-hetero) is 1. The van der Waals surface area contributed by atoms with Crippen LogP contribution >= 0.6 is 0 Å². The molecule has 0 saturated heterocycles. The number of carbonyl (C=O) groups excluding carboxylic acids is 1. The number of ether oxygens (including phenoxy) is 1. The Morgan fingerprint density at radius 3 is 2.29 bits per heavy atom. The number of aliphatic carboxylic acids is 1. The third-order valence-corrected chi connectivity index (χ3v) is 3.44. The molecule has 0 atom stereocenters. The minimum atomic E-state index is -1.05. The smallest absolute Gasteiger partial charge is 0.336 e. The summed E-state index contributed by atoms with van der Waals surface area (Å²) in [5.41, 5.74) is 1.33. The molecule has 0 unspecified atom stereocenters. The first-order valence-electron chi connectivity index (χ1n) is 7.18. The van der Waals surface area contributed by atoms with Gasteiger partial charge in [0.2, 0.25) is 0 Å². The van der Waals surface area contributed by atoms with Gasteiger partial charge in [0.25, 0.3) is 0 Å². The second-order valence-electron chi connectivity index (χ2n) is 5.20. The molecule has 0 aliphatic heterocycles. The number of aromatic carboxylic acids is 1. The lowest BCUT2D eigenvalue weighted by Gasteiger charge is -2.11. The average molecular weight is 328 g/mol. The number of ketones is 1. The minimum absolute atomic E-state index is 0.0222. The van der Waals surface area contributed by atoms with E-state index in [2.05, 4.69) is 0 Å². The first-order chi connectivity index (χ1) is 11.4. The molecule has 0 heterocycles. The summed E-state index contributed by atoms with van der Waals surface area (Å²) >= 11 is 0. The lowest BCUT2D eigenvalue weighted by Crippen LogP contribution is -2.08. The number of carboxylic acids is 2. The van der Waals surface area contributed by atoms with Crippen molar-refractivity contribution >= 4 is 17.7 Å². The summed E-state index contributed by atoms with van der Waals surface area (Å²) in [4.78, 5) is 33.7. The fourth-order valence-corrected chi connectivity index (χ4v) is 2.33. The van der Waals surface area contributed by atoms with Crippen molar-refractivity contribution in [1.82, 2.24) is 0 Å². The molecule has 124 valence electrons. The second-order valence-corrected chi connectivity index (χ2v) is 5.20. The van der Waals surface area contributed by atoms with E-state index in [9.17, 15) is 14.4 Å². The van der Waals surface area contributed by atoms with Gasteiger partial charge in [-0.2, -0.15) is 0 Å². The van der Waals surface area contributed by atoms with Crippen LogP contribution in [0.2, 0.25) is 0 Å². The predicted octanol–water partition coefficient (Wildman–Crippen LogP) is 2.79. The maximum absolute atomic E-state index is 11.6. The molecule has 24 heavy (non-hydrogen) atoms. The summed E-state index contributed by atoms with van der Waals surface area (Å²) in [6, 6.07) is 11.0. The molecular formula is C18H16O6. The highest BCUT2D eigenvalue weighted by molar-refractivity contribution is 5.96. The van der Waals surface area contributed by atoms with E-state index in [1.807, 2.05) is 0 Å². The lowest BCUT2D eigenvalue weighted by molar-refractivity contribution is -0.136. The molecule has 0 aliphatic carbocycles. The number of carbonyl (C=O) groups is 3. The highest BCUT2D eigenvalue weighted by Gasteiger charge is 2.13. The van der Waals surface area contributed by atoms with Gasteiger partial charge in [-0.3, -0.25) is 9.59 Å². The van der Waals surface area contributed by atoms with E-state index >= 15 is 0 Å². The van der Waals surface area contributed by atoms with Crippen molar-refractivity contribution in [2.75, 3.05) is 0 Å². The maximum atomic E-state index is 11.6. The molecule has 2 aromatic carbocycles. The predicted molar refractivity (Wildman–Crippen MR) is 85.5 cm³/mol. The van der Waals surface area contributed by atoms with E-state index in [-0.39, 0.29) is 24.4 Å². The molecule has 0 spiro atoms. The Bertz CT molecular complexity index is 794. The Morgan fingerprint density at radius 1 is 0.958 bits per heavy atom.